The lowest BCUT2D eigenvalue weighted by Crippen LogP contribution is -2.44. The van der Waals surface area contributed by atoms with Crippen LogP contribution in [0.5, 0.6) is 0 Å². The van der Waals surface area contributed by atoms with Crippen LogP contribution in [0, 0.1) is 17.8 Å². The lowest BCUT2D eigenvalue weighted by atomic mass is 9.79. The van der Waals surface area contributed by atoms with Gasteiger partial charge in [-0.05, 0) is 135 Å². The van der Waals surface area contributed by atoms with Crippen LogP contribution in [0.2, 0.25) is 0 Å². The minimum atomic E-state index is -1.52. The van der Waals surface area contributed by atoms with Gasteiger partial charge in [0.1, 0.15) is 12.5 Å². The van der Waals surface area contributed by atoms with Crippen LogP contribution in [-0.2, 0) is 47.7 Å². The van der Waals surface area contributed by atoms with Gasteiger partial charge >= 0.3 is 29.8 Å². The molecule has 3 unspecified atom stereocenters. The second-order valence-corrected chi connectivity index (χ2v) is 29.3. The maximum Gasteiger partial charge on any atom is 0.313 e. The molecule has 0 aliphatic heterocycles. The lowest BCUT2D eigenvalue weighted by molar-refractivity contribution is -0.175. The zero-order chi connectivity index (χ0) is 71.9. The van der Waals surface area contributed by atoms with Gasteiger partial charge < -0.3 is 23.7 Å². The van der Waals surface area contributed by atoms with Crippen molar-refractivity contribution < 1.29 is 47.7 Å². The monoisotopic (exact) mass is 1390 g/mol. The third-order valence-electron chi connectivity index (χ3n) is 19.7. The molecule has 0 aromatic rings. The van der Waals surface area contributed by atoms with Crippen molar-refractivity contribution in [3.05, 3.63) is 48.6 Å². The van der Waals surface area contributed by atoms with Crippen LogP contribution in [0.3, 0.4) is 0 Å². The van der Waals surface area contributed by atoms with Crippen molar-refractivity contribution in [2.75, 3.05) is 33.0 Å². The van der Waals surface area contributed by atoms with E-state index in [1.807, 2.05) is 0 Å². The van der Waals surface area contributed by atoms with Crippen LogP contribution in [0.1, 0.15) is 439 Å². The summed E-state index contributed by atoms with van der Waals surface area (Å²) in [6, 6.07) is 0. The van der Waals surface area contributed by atoms with Crippen molar-refractivity contribution >= 4 is 29.8 Å². The summed E-state index contributed by atoms with van der Waals surface area (Å²) >= 11 is 0. The van der Waals surface area contributed by atoms with E-state index in [0.717, 1.165) is 173 Å². The Morgan fingerprint density at radius 2 is 0.444 bits per heavy atom. The van der Waals surface area contributed by atoms with Crippen LogP contribution < -0.4 is 0 Å². The highest BCUT2D eigenvalue weighted by Crippen LogP contribution is 2.31. The van der Waals surface area contributed by atoms with Gasteiger partial charge in [0, 0.05) is 6.42 Å². The Bertz CT molecular complexity index is 1870. The van der Waals surface area contributed by atoms with Crippen LogP contribution in [-0.4, -0.2) is 62.9 Å². The molecule has 10 nitrogen and oxygen atoms in total. The van der Waals surface area contributed by atoms with E-state index in [2.05, 4.69) is 83.2 Å². The summed E-state index contributed by atoms with van der Waals surface area (Å²) in [5.41, 5.74) is 0. The summed E-state index contributed by atoms with van der Waals surface area (Å²) < 4.78 is 29.9. The smallest absolute Gasteiger partial charge is 0.313 e. The number of rotatable bonds is 79. The molecule has 0 aromatic heterocycles. The molecule has 0 heterocycles. The Morgan fingerprint density at radius 3 is 0.727 bits per heavy atom. The zero-order valence-electron chi connectivity index (χ0n) is 66.0. The molecule has 10 heteroatoms. The van der Waals surface area contributed by atoms with Crippen molar-refractivity contribution in [1.29, 1.82) is 0 Å². The molecule has 0 aliphatic rings. The van der Waals surface area contributed by atoms with E-state index in [9.17, 15) is 24.0 Å². The average Bonchev–Trinajstić information content (AvgIpc) is 0.818. The fourth-order valence-electron chi connectivity index (χ4n) is 13.1. The maximum atomic E-state index is 14.9. The first-order valence-electron chi connectivity index (χ1n) is 43.2. The number of hydrogen-bond donors (Lipinski definition) is 0. The predicted octanol–water partition coefficient (Wildman–Crippen LogP) is 27.5. The molecular formula is C89H162O10. The molecule has 0 fully saturated rings. The van der Waals surface area contributed by atoms with Gasteiger partial charge in [-0.1, -0.05) is 340 Å². The maximum absolute atomic E-state index is 14.9. The lowest BCUT2D eigenvalue weighted by Gasteiger charge is -2.29. The van der Waals surface area contributed by atoms with E-state index in [0.29, 0.717) is 32.1 Å². The van der Waals surface area contributed by atoms with Gasteiger partial charge in [-0.25, -0.2) is 0 Å². The third-order valence-corrected chi connectivity index (χ3v) is 19.7. The molecule has 0 aliphatic carbocycles. The molecule has 0 spiro atoms. The van der Waals surface area contributed by atoms with Crippen molar-refractivity contribution in [1.82, 2.24) is 0 Å². The first-order chi connectivity index (χ1) is 48.8. The van der Waals surface area contributed by atoms with E-state index < -0.39 is 60.6 Å². The van der Waals surface area contributed by atoms with Crippen LogP contribution >= 0.6 is 0 Å². The largest absolute Gasteiger partial charge is 0.466 e. The molecule has 99 heavy (non-hydrogen) atoms. The van der Waals surface area contributed by atoms with E-state index in [1.165, 1.54) is 186 Å². The normalized spacial score (nSPS) is 12.7. The molecular weight excluding hydrogens is 1230 g/mol. The molecule has 0 N–H and O–H groups in total. The highest BCUT2D eigenvalue weighted by Gasteiger charge is 2.47. The second kappa shape index (κ2) is 80.0. The van der Waals surface area contributed by atoms with Crippen molar-refractivity contribution in [3.63, 3.8) is 0 Å². The summed E-state index contributed by atoms with van der Waals surface area (Å²) in [4.78, 5) is 72.0. The van der Waals surface area contributed by atoms with E-state index in [1.54, 1.807) is 0 Å². The summed E-state index contributed by atoms with van der Waals surface area (Å²) in [6.45, 7) is 11.2. The summed E-state index contributed by atoms with van der Waals surface area (Å²) in [5.74, 6) is -7.80. The van der Waals surface area contributed by atoms with Crippen LogP contribution in [0.25, 0.3) is 0 Å². The van der Waals surface area contributed by atoms with Crippen molar-refractivity contribution in [2.24, 2.45) is 17.8 Å². The van der Waals surface area contributed by atoms with E-state index in [4.69, 9.17) is 23.7 Å². The minimum absolute atomic E-state index is 0.0863. The second-order valence-electron chi connectivity index (χ2n) is 29.3. The third kappa shape index (κ3) is 68.5. The Labute approximate surface area is 612 Å². The molecule has 0 saturated heterocycles. The fourth-order valence-corrected chi connectivity index (χ4v) is 13.1. The molecule has 3 atom stereocenters. The van der Waals surface area contributed by atoms with Gasteiger partial charge in [0.25, 0.3) is 0 Å². The average molecular weight is 1390 g/mol. The SMILES string of the molecule is CCCCCCCC/C=C\CCCCCCCCOC(=O)CC(C(=O)OCCCCCCCC/C=C\CCCCCCCC)C(C(=O)OCCCCCCCC/C=C\CCCCCCCC)C(COC(=O)CCCCCCC)C(=O)OCCCCCCCC/C=C\CCCCCCCC. The van der Waals surface area contributed by atoms with E-state index >= 15 is 0 Å². The molecule has 0 saturated carbocycles. The summed E-state index contributed by atoms with van der Waals surface area (Å²) in [7, 11) is 0. The molecule has 0 bridgehead atoms. The molecule has 578 valence electrons. The summed E-state index contributed by atoms with van der Waals surface area (Å²) in [6.07, 6.45) is 87.5. The van der Waals surface area contributed by atoms with Crippen molar-refractivity contribution in [3.8, 4) is 0 Å². The minimum Gasteiger partial charge on any atom is -0.466 e. The van der Waals surface area contributed by atoms with Gasteiger partial charge in [-0.15, -0.1) is 0 Å². The first-order valence-corrected chi connectivity index (χ1v) is 43.2. The van der Waals surface area contributed by atoms with Crippen LogP contribution in [0.15, 0.2) is 48.6 Å². The first kappa shape index (κ1) is 95.3. The molecule has 0 aromatic carbocycles. The Hall–Kier alpha value is -3.69. The van der Waals surface area contributed by atoms with Gasteiger partial charge in [-0.3, -0.25) is 24.0 Å². The number of hydrogen-bond acceptors (Lipinski definition) is 10. The van der Waals surface area contributed by atoms with Gasteiger partial charge in [0.05, 0.1) is 44.7 Å². The predicted molar refractivity (Wildman–Crippen MR) is 421 cm³/mol. The highest BCUT2D eigenvalue weighted by atomic mass is 16.6. The number of allylic oxidation sites excluding steroid dienone is 8. The quantitative estimate of drug-likeness (QED) is 0.0251. The Morgan fingerprint density at radius 1 is 0.222 bits per heavy atom. The summed E-state index contributed by atoms with van der Waals surface area (Å²) in [5, 5.41) is 0. The number of unbranched alkanes of at least 4 members (excludes halogenated alkanes) is 52. The fraction of sp³-hybridized carbons (Fsp3) is 0.854. The van der Waals surface area contributed by atoms with E-state index in [-0.39, 0.29) is 32.8 Å². The number of carbonyl (C=O) groups is 5. The topological polar surface area (TPSA) is 132 Å². The van der Waals surface area contributed by atoms with Gasteiger partial charge in [0.15, 0.2) is 0 Å². The molecule has 0 rings (SSSR count). The number of ether oxygens (including phenoxy) is 5. The standard InChI is InChI=1S/C89H162O10/c1-6-11-16-21-25-29-33-37-41-45-49-53-57-61-66-71-76-95-85(91)80-82(87(92)96-77-72-67-62-58-54-50-46-42-38-34-30-26-22-17-12-7-2)86(89(94)98-79-74-69-64-60-56-52-48-44-40-36-32-28-24-19-14-9-4)83(81-99-84(90)75-70-65-20-15-10-5)88(93)97-78-73-68-63-59-55-51-47-43-39-35-31-27-23-18-13-8-3/h37-44,82-83,86H,6-36,45-81H2,1-5H3/b41-37-,42-38-,43-39-,44-40-. The van der Waals surface area contributed by atoms with Crippen LogP contribution in [0.4, 0.5) is 0 Å². The molecule has 0 radical (unpaired) electrons. The van der Waals surface area contributed by atoms with Crippen molar-refractivity contribution in [2.45, 2.75) is 439 Å². The van der Waals surface area contributed by atoms with Gasteiger partial charge in [-0.2, -0.15) is 0 Å². The Balaban J connectivity index is 6.35. The number of carbonyl (C=O) groups excluding carboxylic acids is 5. The Kier molecular flexibility index (Phi) is 77.0. The molecule has 0 amide bonds. The zero-order valence-corrected chi connectivity index (χ0v) is 66.0. The highest BCUT2D eigenvalue weighted by molar-refractivity contribution is 5.90. The number of esters is 5. The van der Waals surface area contributed by atoms with Gasteiger partial charge in [0.2, 0.25) is 0 Å².